The molecule has 0 nitrogen and oxygen atoms in total. The van der Waals surface area contributed by atoms with E-state index in [-0.39, 0.29) is 4.47 Å². The molecule has 0 saturated heterocycles. The molecule has 0 saturated carbocycles. The van der Waals surface area contributed by atoms with E-state index < -0.39 is 25.1 Å². The molecule has 0 N–H and O–H groups in total. The van der Waals surface area contributed by atoms with Crippen LogP contribution in [0.25, 0.3) is 0 Å². The van der Waals surface area contributed by atoms with E-state index in [2.05, 4.69) is 0 Å². The topological polar surface area (TPSA) is 0 Å². The number of rotatable bonds is 2. The third-order valence-electron chi connectivity index (χ3n) is 1.25. The van der Waals surface area contributed by atoms with E-state index in [4.69, 9.17) is 0 Å². The van der Waals surface area contributed by atoms with Crippen molar-refractivity contribution in [2.45, 2.75) is 8.69 Å². The Morgan fingerprint density at radius 2 is 1.67 bits per heavy atom. The van der Waals surface area contributed by atoms with E-state index in [1.54, 1.807) is 30.3 Å². The summed E-state index contributed by atoms with van der Waals surface area (Å²) >= 11 is -1.87. The van der Waals surface area contributed by atoms with Crippen LogP contribution in [0.3, 0.4) is 0 Å². The van der Waals surface area contributed by atoms with Gasteiger partial charge in [0.05, 0.1) is 0 Å². The van der Waals surface area contributed by atoms with Crippen molar-refractivity contribution >= 4 is 20.9 Å². The van der Waals surface area contributed by atoms with E-state index >= 15 is 0 Å². The summed E-state index contributed by atoms with van der Waals surface area (Å²) in [7, 11) is 0. The molecule has 0 unspecified atom stereocenters. The second kappa shape index (κ2) is 4.15. The minimum atomic E-state index is -3.92. The monoisotopic (exact) mass is 290 g/mol. The normalized spacial score (nSPS) is 11.6. The Morgan fingerprint density at radius 1 is 1.08 bits per heavy atom. The molecule has 0 aliphatic heterocycles. The second-order valence-electron chi connectivity index (χ2n) is 2.22. The van der Waals surface area contributed by atoms with Crippen LogP contribution in [0.4, 0.5) is 13.2 Å². The van der Waals surface area contributed by atoms with Crippen LogP contribution < -0.4 is 0 Å². The van der Waals surface area contributed by atoms with Crippen molar-refractivity contribution in [2.24, 2.45) is 0 Å². The molecule has 1 aromatic rings. The molecular weight excluding hydrogens is 281 g/mol. The molecule has 0 bridgehead atoms. The first-order valence-electron chi connectivity index (χ1n) is 3.32. The fraction of sp³-hybridized carbons (Fsp3) is 0.250. The van der Waals surface area contributed by atoms with Crippen molar-refractivity contribution in [1.29, 1.82) is 0 Å². The van der Waals surface area contributed by atoms with E-state index in [0.29, 0.717) is 0 Å². The number of benzene rings is 1. The molecule has 0 atom stereocenters. The number of hydrogen-bond donors (Lipinski definition) is 0. The summed E-state index contributed by atoms with van der Waals surface area (Å²) in [6, 6.07) is 8.79. The van der Waals surface area contributed by atoms with Gasteiger partial charge in [-0.3, -0.25) is 0 Å². The van der Waals surface area contributed by atoms with Crippen LogP contribution in [0.2, 0.25) is 0 Å². The van der Waals surface area contributed by atoms with E-state index in [1.807, 2.05) is 0 Å². The summed E-state index contributed by atoms with van der Waals surface area (Å²) < 4.78 is 31.7. The molecule has 4 heteroatoms. The molecule has 12 heavy (non-hydrogen) atoms. The fourth-order valence-electron chi connectivity index (χ4n) is 0.739. The van der Waals surface area contributed by atoms with Crippen LogP contribution in [0, 0.1) is 0 Å². The third-order valence-corrected chi connectivity index (χ3v) is 3.54. The molecule has 0 heterocycles. The maximum absolute atomic E-state index is 11.8. The molecule has 1 aromatic carbocycles. The van der Waals surface area contributed by atoms with Crippen molar-refractivity contribution in [3.05, 3.63) is 35.9 Å². The maximum atomic E-state index is 11.8. The predicted octanol–water partition coefficient (Wildman–Crippen LogP) is 2.41. The summed E-state index contributed by atoms with van der Waals surface area (Å²) in [4.78, 5) is 0. The predicted molar refractivity (Wildman–Crippen MR) is 42.0 cm³/mol. The van der Waals surface area contributed by atoms with Gasteiger partial charge in [-0.05, 0) is 0 Å². The van der Waals surface area contributed by atoms with Crippen LogP contribution in [0.15, 0.2) is 30.3 Å². The molecule has 0 amide bonds. The number of halogens is 3. The molecule has 0 spiro atoms. The number of alkyl halides is 3. The Balaban J connectivity index is 2.44. The minimum absolute atomic E-state index is 0.204. The molecule has 1 rings (SSSR count). The molecule has 0 aliphatic carbocycles. The first-order chi connectivity index (χ1) is 5.58. The fourth-order valence-corrected chi connectivity index (χ4v) is 2.23. The van der Waals surface area contributed by atoms with Gasteiger partial charge in [-0.15, -0.1) is 0 Å². The summed E-state index contributed by atoms with van der Waals surface area (Å²) in [6.07, 6.45) is 0. The van der Waals surface area contributed by atoms with Gasteiger partial charge in [0.15, 0.2) is 0 Å². The quantitative estimate of drug-likeness (QED) is 0.733. The van der Waals surface area contributed by atoms with Crippen LogP contribution in [0.1, 0.15) is 5.56 Å². The average molecular weight is 288 g/mol. The van der Waals surface area contributed by atoms with Gasteiger partial charge in [-0.1, -0.05) is 0 Å². The zero-order valence-electron chi connectivity index (χ0n) is 6.14. The van der Waals surface area contributed by atoms with Gasteiger partial charge in [0.2, 0.25) is 0 Å². The van der Waals surface area contributed by atoms with E-state index in [1.165, 1.54) is 0 Å². The summed E-state index contributed by atoms with van der Waals surface area (Å²) in [6.45, 7) is 0. The average Bonchev–Trinajstić information content (AvgIpc) is 2.02. The van der Waals surface area contributed by atoms with Crippen molar-refractivity contribution in [2.75, 3.05) is 0 Å². The van der Waals surface area contributed by atoms with Gasteiger partial charge < -0.3 is 0 Å². The van der Waals surface area contributed by atoms with Gasteiger partial charge in [0, 0.05) is 0 Å². The SMILES string of the molecule is FC(F)(F)[Te+]Cc1ccccc1. The molecule has 1 radical (unpaired) electrons. The Kier molecular flexibility index (Phi) is 3.42. The van der Waals surface area contributed by atoms with Crippen molar-refractivity contribution in [3.63, 3.8) is 0 Å². The second-order valence-corrected chi connectivity index (χ2v) is 5.19. The number of hydrogen-bond acceptors (Lipinski definition) is 0. The summed E-state index contributed by atoms with van der Waals surface area (Å²) in [5, 5.41) is 0. The molecular formula is C8H7F3Te+. The van der Waals surface area contributed by atoms with Gasteiger partial charge in [-0.25, -0.2) is 0 Å². The molecule has 0 aliphatic rings. The van der Waals surface area contributed by atoms with Crippen molar-refractivity contribution < 1.29 is 13.2 Å². The first-order valence-corrected chi connectivity index (χ1v) is 6.14. The molecule has 0 fully saturated rings. The van der Waals surface area contributed by atoms with Crippen molar-refractivity contribution in [1.82, 2.24) is 0 Å². The Labute approximate surface area is 78.9 Å². The van der Waals surface area contributed by atoms with Crippen LogP contribution in [-0.2, 0) is 4.47 Å². The zero-order valence-corrected chi connectivity index (χ0v) is 8.47. The van der Waals surface area contributed by atoms with Crippen LogP contribution in [-0.4, -0.2) is 25.1 Å². The molecule has 65 valence electrons. The summed E-state index contributed by atoms with van der Waals surface area (Å²) in [5.41, 5.74) is 0.789. The van der Waals surface area contributed by atoms with E-state index in [9.17, 15) is 13.2 Å². The molecule has 0 aromatic heterocycles. The van der Waals surface area contributed by atoms with Crippen molar-refractivity contribution in [3.8, 4) is 0 Å². The standard InChI is InChI=1S/C8H7F3Te/c9-8(10,11)12-6-7-4-2-1-3-5-7/h1-5H,6H2/q+1. The van der Waals surface area contributed by atoms with Crippen LogP contribution >= 0.6 is 0 Å². The van der Waals surface area contributed by atoms with Gasteiger partial charge in [0.1, 0.15) is 0 Å². The summed E-state index contributed by atoms with van der Waals surface area (Å²) in [5.74, 6) is 0. The Hall–Kier alpha value is -0.200. The third kappa shape index (κ3) is 3.98. The zero-order chi connectivity index (χ0) is 9.03. The van der Waals surface area contributed by atoms with E-state index in [0.717, 1.165) is 5.56 Å². The van der Waals surface area contributed by atoms with Gasteiger partial charge in [-0.2, -0.15) is 0 Å². The van der Waals surface area contributed by atoms with Gasteiger partial charge in [0.25, 0.3) is 0 Å². The van der Waals surface area contributed by atoms with Gasteiger partial charge >= 0.3 is 78.7 Å². The Morgan fingerprint density at radius 3 is 2.17 bits per heavy atom. The Bertz CT molecular complexity index is 230. The first kappa shape index (κ1) is 9.88. The van der Waals surface area contributed by atoms with Crippen LogP contribution in [0.5, 0.6) is 0 Å².